The molecule has 28 heavy (non-hydrogen) atoms. The molecule has 4 nitrogen and oxygen atoms in total. The van der Waals surface area contributed by atoms with Gasteiger partial charge in [-0.3, -0.25) is 9.59 Å². The zero-order valence-corrected chi connectivity index (χ0v) is 16.9. The van der Waals surface area contributed by atoms with Gasteiger partial charge in [-0.15, -0.1) is 11.3 Å². The van der Waals surface area contributed by atoms with E-state index in [1.54, 1.807) is 29.4 Å². The largest absolute Gasteiger partial charge is 0.333 e. The Morgan fingerprint density at radius 2 is 1.75 bits per heavy atom. The Labute approximate surface area is 168 Å². The number of nitrogens with one attached hydrogen (secondary N) is 1. The van der Waals surface area contributed by atoms with Crippen molar-refractivity contribution in [2.45, 2.75) is 25.8 Å². The number of amides is 2. The maximum absolute atomic E-state index is 13.5. The van der Waals surface area contributed by atoms with Crippen molar-refractivity contribution in [3.63, 3.8) is 0 Å². The van der Waals surface area contributed by atoms with Gasteiger partial charge in [-0.2, -0.15) is 0 Å². The second kappa shape index (κ2) is 7.24. The Bertz CT molecular complexity index is 1020. The minimum atomic E-state index is -0.474. The molecule has 2 atom stereocenters. The van der Waals surface area contributed by atoms with Crippen LogP contribution < -0.4 is 5.32 Å². The molecular weight excluding hydrogens is 368 g/mol. The van der Waals surface area contributed by atoms with Crippen molar-refractivity contribution < 1.29 is 9.59 Å². The van der Waals surface area contributed by atoms with Gasteiger partial charge in [0.15, 0.2) is 0 Å². The normalized spacial score (nSPS) is 18.7. The molecule has 1 aromatic heterocycles. The van der Waals surface area contributed by atoms with E-state index < -0.39 is 5.92 Å². The number of nitrogens with zero attached hydrogens (tertiary/aromatic N) is 1. The number of anilines is 1. The van der Waals surface area contributed by atoms with E-state index >= 15 is 0 Å². The molecule has 4 rings (SSSR count). The fourth-order valence-electron chi connectivity index (χ4n) is 4.04. The second-order valence-electron chi connectivity index (χ2n) is 7.31. The number of benzene rings is 2. The average molecular weight is 391 g/mol. The van der Waals surface area contributed by atoms with Crippen LogP contribution in [0.2, 0.25) is 0 Å². The number of carbonyl (C=O) groups excluding carboxylic acids is 2. The summed E-state index contributed by atoms with van der Waals surface area (Å²) in [6.07, 6.45) is 0. The number of hydrogen-bond acceptors (Lipinski definition) is 3. The van der Waals surface area contributed by atoms with Crippen LogP contribution in [0.25, 0.3) is 0 Å². The lowest BCUT2D eigenvalue weighted by molar-refractivity contribution is -0.119. The predicted octanol–water partition coefficient (Wildman–Crippen LogP) is 4.91. The number of rotatable bonds is 3. The molecule has 1 N–H and O–H groups in total. The highest BCUT2D eigenvalue weighted by molar-refractivity contribution is 7.10. The van der Waals surface area contributed by atoms with E-state index in [9.17, 15) is 9.59 Å². The molecule has 3 aromatic rings. The summed E-state index contributed by atoms with van der Waals surface area (Å²) in [7, 11) is 1.78. The molecule has 1 aliphatic rings. The summed E-state index contributed by atoms with van der Waals surface area (Å²) < 4.78 is 0. The smallest absolute Gasteiger partial charge is 0.254 e. The van der Waals surface area contributed by atoms with Gasteiger partial charge >= 0.3 is 0 Å². The van der Waals surface area contributed by atoms with E-state index in [1.807, 2.05) is 61.7 Å². The average Bonchev–Trinajstić information content (AvgIpc) is 3.17. The van der Waals surface area contributed by atoms with E-state index in [4.69, 9.17) is 0 Å². The van der Waals surface area contributed by atoms with Crippen LogP contribution in [-0.4, -0.2) is 23.8 Å². The summed E-state index contributed by atoms with van der Waals surface area (Å²) in [5.74, 6) is -0.627. The van der Waals surface area contributed by atoms with Crippen molar-refractivity contribution in [1.29, 1.82) is 0 Å². The zero-order valence-electron chi connectivity index (χ0n) is 16.1. The maximum Gasteiger partial charge on any atom is 0.254 e. The topological polar surface area (TPSA) is 49.4 Å². The van der Waals surface area contributed by atoms with Crippen LogP contribution in [0.15, 0.2) is 60.0 Å². The van der Waals surface area contributed by atoms with Gasteiger partial charge < -0.3 is 10.2 Å². The maximum atomic E-state index is 13.5. The van der Waals surface area contributed by atoms with Crippen molar-refractivity contribution in [3.8, 4) is 0 Å². The Kier molecular flexibility index (Phi) is 4.77. The monoisotopic (exact) mass is 390 g/mol. The lowest BCUT2D eigenvalue weighted by Crippen LogP contribution is -2.43. The lowest BCUT2D eigenvalue weighted by atomic mass is 9.81. The Hall–Kier alpha value is -2.92. The first-order valence-electron chi connectivity index (χ1n) is 9.24. The van der Waals surface area contributed by atoms with E-state index in [0.717, 1.165) is 27.3 Å². The molecule has 5 heteroatoms. The number of carbonyl (C=O) groups is 2. The lowest BCUT2D eigenvalue weighted by Gasteiger charge is -2.39. The molecule has 0 spiro atoms. The molecule has 1 aliphatic heterocycles. The minimum absolute atomic E-state index is 0.0514. The van der Waals surface area contributed by atoms with Crippen LogP contribution >= 0.6 is 11.3 Å². The molecule has 142 valence electrons. The summed E-state index contributed by atoms with van der Waals surface area (Å²) in [6, 6.07) is 17.1. The Balaban J connectivity index is 1.79. The molecule has 0 aliphatic carbocycles. The molecular formula is C23H22N2O2S. The first kappa shape index (κ1) is 18.4. The first-order chi connectivity index (χ1) is 13.5. The molecule has 0 radical (unpaired) electrons. The van der Waals surface area contributed by atoms with Crippen molar-refractivity contribution in [2.75, 3.05) is 12.4 Å². The van der Waals surface area contributed by atoms with Gasteiger partial charge in [-0.25, -0.2) is 0 Å². The van der Waals surface area contributed by atoms with Gasteiger partial charge in [0, 0.05) is 23.2 Å². The summed E-state index contributed by atoms with van der Waals surface area (Å²) >= 11 is 1.57. The number of thiophene rings is 1. The highest BCUT2D eigenvalue weighted by Gasteiger charge is 2.43. The van der Waals surface area contributed by atoms with Crippen molar-refractivity contribution >= 4 is 28.8 Å². The summed E-state index contributed by atoms with van der Waals surface area (Å²) in [5.41, 5.74) is 4.36. The minimum Gasteiger partial charge on any atom is -0.333 e. The van der Waals surface area contributed by atoms with Crippen LogP contribution in [0.4, 0.5) is 5.69 Å². The predicted molar refractivity (Wildman–Crippen MR) is 113 cm³/mol. The van der Waals surface area contributed by atoms with E-state index in [0.29, 0.717) is 5.56 Å². The van der Waals surface area contributed by atoms with Crippen LogP contribution in [0.5, 0.6) is 0 Å². The summed E-state index contributed by atoms with van der Waals surface area (Å²) in [5, 5.41) is 5.07. The third kappa shape index (κ3) is 3.22. The number of hydrogen-bond donors (Lipinski definition) is 1. The Morgan fingerprint density at radius 3 is 2.43 bits per heavy atom. The van der Waals surface area contributed by atoms with Gasteiger partial charge in [0.2, 0.25) is 5.91 Å². The van der Waals surface area contributed by atoms with Gasteiger partial charge in [-0.1, -0.05) is 30.3 Å². The molecule has 0 bridgehead atoms. The van der Waals surface area contributed by atoms with Gasteiger partial charge in [0.05, 0.1) is 12.0 Å². The van der Waals surface area contributed by atoms with Gasteiger partial charge in [-0.05, 0) is 60.2 Å². The zero-order chi connectivity index (χ0) is 19.8. The SMILES string of the molecule is Cc1cc(C)cc(NC(=O)C2c3ccccc3C(=O)N(C)C2c2cccs2)c1. The van der Waals surface area contributed by atoms with Crippen molar-refractivity contribution in [3.05, 3.63) is 87.1 Å². The third-order valence-corrected chi connectivity index (χ3v) is 6.13. The molecule has 2 aromatic carbocycles. The molecule has 0 saturated carbocycles. The standard InChI is InChI=1S/C23H22N2O2S/c1-14-11-15(2)13-16(12-14)24-22(26)20-17-7-4-5-8-18(17)23(27)25(3)21(20)19-9-6-10-28-19/h4-13,20-21H,1-3H3,(H,24,26). The summed E-state index contributed by atoms with van der Waals surface area (Å²) in [4.78, 5) is 29.1. The third-order valence-electron chi connectivity index (χ3n) is 5.19. The molecule has 2 unspecified atom stereocenters. The highest BCUT2D eigenvalue weighted by Crippen LogP contribution is 2.43. The van der Waals surface area contributed by atoms with Crippen molar-refractivity contribution in [1.82, 2.24) is 4.90 Å². The van der Waals surface area contributed by atoms with E-state index in [1.165, 1.54) is 0 Å². The van der Waals surface area contributed by atoms with Crippen LogP contribution in [0, 0.1) is 13.8 Å². The van der Waals surface area contributed by atoms with Gasteiger partial charge in [0.25, 0.3) is 5.91 Å². The molecule has 2 heterocycles. The van der Waals surface area contributed by atoms with Crippen LogP contribution in [0.1, 0.15) is 43.9 Å². The quantitative estimate of drug-likeness (QED) is 0.690. The van der Waals surface area contributed by atoms with Crippen molar-refractivity contribution in [2.24, 2.45) is 0 Å². The molecule has 2 amide bonds. The summed E-state index contributed by atoms with van der Waals surface area (Å²) in [6.45, 7) is 4.03. The number of aryl methyl sites for hydroxylation is 2. The molecule has 0 saturated heterocycles. The molecule has 0 fully saturated rings. The van der Waals surface area contributed by atoms with Gasteiger partial charge in [0.1, 0.15) is 0 Å². The fraction of sp³-hybridized carbons (Fsp3) is 0.217. The highest BCUT2D eigenvalue weighted by atomic mass is 32.1. The van der Waals surface area contributed by atoms with E-state index in [2.05, 4.69) is 11.4 Å². The van der Waals surface area contributed by atoms with Crippen LogP contribution in [-0.2, 0) is 4.79 Å². The van der Waals surface area contributed by atoms with Crippen LogP contribution in [0.3, 0.4) is 0 Å². The van der Waals surface area contributed by atoms with E-state index in [-0.39, 0.29) is 17.9 Å². The Morgan fingerprint density at radius 1 is 1.04 bits per heavy atom. The number of fused-ring (bicyclic) bond motifs is 1. The fourth-order valence-corrected chi connectivity index (χ4v) is 4.94. The second-order valence-corrected chi connectivity index (χ2v) is 8.29. The number of likely N-dealkylation sites (N-methyl/N-ethyl adjacent to an activating group) is 1. The first-order valence-corrected chi connectivity index (χ1v) is 10.1.